The third kappa shape index (κ3) is 5.55. The molecule has 1 aromatic carbocycles. The van der Waals surface area contributed by atoms with Gasteiger partial charge in [-0.05, 0) is 24.2 Å². The fraction of sp³-hybridized carbons (Fsp3) is 0.286. The molecule has 9 heteroatoms. The Kier molecular flexibility index (Phi) is 5.87. The molecular weight excluding hydrogens is 318 g/mol. The van der Waals surface area contributed by atoms with Crippen LogP contribution in [0, 0.1) is 0 Å². The van der Waals surface area contributed by atoms with Crippen LogP contribution in [-0.2, 0) is 16.1 Å². The van der Waals surface area contributed by atoms with Crippen LogP contribution in [0.15, 0.2) is 30.3 Å². The van der Waals surface area contributed by atoms with Crippen LogP contribution in [0.25, 0.3) is 0 Å². The van der Waals surface area contributed by atoms with E-state index in [1.807, 2.05) is 30.3 Å². The standard InChI is InChI=1S/C14H17N5O3S/c20-11(7-6-10-12(21)17-13(22)16-10)18-19-14(23)15-8-9-4-2-1-3-5-9/h1-5,10H,6-8H2,(H,18,20)(H2,15,19,23)(H2,16,17,21,22). The van der Waals surface area contributed by atoms with Crippen LogP contribution in [0.2, 0.25) is 0 Å². The highest BCUT2D eigenvalue weighted by molar-refractivity contribution is 7.80. The lowest BCUT2D eigenvalue weighted by Crippen LogP contribution is -2.46. The molecule has 0 bridgehead atoms. The number of thiocarbonyl (C=S) groups is 1. The van der Waals surface area contributed by atoms with E-state index in [0.717, 1.165) is 5.56 Å². The van der Waals surface area contributed by atoms with Gasteiger partial charge >= 0.3 is 6.03 Å². The Hall–Kier alpha value is -2.68. The largest absolute Gasteiger partial charge is 0.357 e. The topological polar surface area (TPSA) is 111 Å². The molecular formula is C14H17N5O3S. The first-order chi connectivity index (χ1) is 11.0. The monoisotopic (exact) mass is 335 g/mol. The third-order valence-corrected chi connectivity index (χ3v) is 3.38. The fourth-order valence-corrected chi connectivity index (χ4v) is 2.07. The van der Waals surface area contributed by atoms with Crippen molar-refractivity contribution in [3.63, 3.8) is 0 Å². The van der Waals surface area contributed by atoms with Crippen LogP contribution in [-0.4, -0.2) is 29.0 Å². The predicted molar refractivity (Wildman–Crippen MR) is 86.9 cm³/mol. The third-order valence-electron chi connectivity index (χ3n) is 3.13. The van der Waals surface area contributed by atoms with Crippen molar-refractivity contribution in [2.24, 2.45) is 0 Å². The molecule has 23 heavy (non-hydrogen) atoms. The second kappa shape index (κ2) is 8.08. The van der Waals surface area contributed by atoms with Gasteiger partial charge in [0.15, 0.2) is 5.11 Å². The molecule has 1 unspecified atom stereocenters. The van der Waals surface area contributed by atoms with E-state index in [1.54, 1.807) is 0 Å². The van der Waals surface area contributed by atoms with Gasteiger partial charge in [0.2, 0.25) is 5.91 Å². The Morgan fingerprint density at radius 1 is 1.17 bits per heavy atom. The summed E-state index contributed by atoms with van der Waals surface area (Å²) >= 11 is 5.04. The summed E-state index contributed by atoms with van der Waals surface area (Å²) in [4.78, 5) is 33.9. The number of rotatable bonds is 5. The van der Waals surface area contributed by atoms with Crippen molar-refractivity contribution in [2.75, 3.05) is 0 Å². The van der Waals surface area contributed by atoms with Gasteiger partial charge in [-0.1, -0.05) is 30.3 Å². The maximum Gasteiger partial charge on any atom is 0.322 e. The van der Waals surface area contributed by atoms with Crippen LogP contribution < -0.4 is 26.8 Å². The summed E-state index contributed by atoms with van der Waals surface area (Å²) in [7, 11) is 0. The lowest BCUT2D eigenvalue weighted by molar-refractivity contribution is -0.122. The van der Waals surface area contributed by atoms with Gasteiger partial charge in [-0.25, -0.2) is 4.79 Å². The quantitative estimate of drug-likeness (QED) is 0.286. The summed E-state index contributed by atoms with van der Waals surface area (Å²) in [5, 5.41) is 7.77. The van der Waals surface area contributed by atoms with Crippen molar-refractivity contribution in [1.82, 2.24) is 26.8 Å². The van der Waals surface area contributed by atoms with Gasteiger partial charge in [0, 0.05) is 13.0 Å². The first kappa shape index (κ1) is 16.7. The molecule has 1 saturated heterocycles. The van der Waals surface area contributed by atoms with Crippen molar-refractivity contribution in [3.05, 3.63) is 35.9 Å². The zero-order valence-electron chi connectivity index (χ0n) is 12.2. The number of carbonyl (C=O) groups is 3. The molecule has 0 aliphatic carbocycles. The molecule has 0 saturated carbocycles. The van der Waals surface area contributed by atoms with Crippen LogP contribution in [0.5, 0.6) is 0 Å². The molecule has 1 aliphatic heterocycles. The number of urea groups is 1. The lowest BCUT2D eigenvalue weighted by atomic mass is 10.1. The SMILES string of the molecule is O=C(CCC1NC(=O)NC1=O)NNC(=S)NCc1ccccc1. The average Bonchev–Trinajstić information content (AvgIpc) is 2.87. The zero-order chi connectivity index (χ0) is 16.7. The molecule has 1 aromatic rings. The smallest absolute Gasteiger partial charge is 0.322 e. The Labute approximate surface area is 138 Å². The first-order valence-electron chi connectivity index (χ1n) is 7.02. The number of benzene rings is 1. The molecule has 0 aromatic heterocycles. The average molecular weight is 335 g/mol. The summed E-state index contributed by atoms with van der Waals surface area (Å²) in [6, 6.07) is 8.47. The molecule has 5 N–H and O–H groups in total. The molecule has 4 amide bonds. The maximum absolute atomic E-state index is 11.7. The van der Waals surface area contributed by atoms with Crippen LogP contribution >= 0.6 is 12.2 Å². The zero-order valence-corrected chi connectivity index (χ0v) is 13.0. The molecule has 1 aliphatic rings. The highest BCUT2D eigenvalue weighted by Gasteiger charge is 2.29. The van der Waals surface area contributed by atoms with Crippen molar-refractivity contribution in [3.8, 4) is 0 Å². The lowest BCUT2D eigenvalue weighted by Gasteiger charge is -2.12. The first-order valence-corrected chi connectivity index (χ1v) is 7.43. The van der Waals surface area contributed by atoms with Gasteiger partial charge in [-0.15, -0.1) is 0 Å². The normalized spacial score (nSPS) is 16.3. The summed E-state index contributed by atoms with van der Waals surface area (Å²) < 4.78 is 0. The number of hydrogen-bond acceptors (Lipinski definition) is 4. The van der Waals surface area contributed by atoms with Crippen molar-refractivity contribution in [1.29, 1.82) is 0 Å². The molecule has 2 rings (SSSR count). The van der Waals surface area contributed by atoms with Gasteiger partial charge in [-0.3, -0.25) is 25.8 Å². The minimum atomic E-state index is -0.670. The van der Waals surface area contributed by atoms with E-state index in [2.05, 4.69) is 26.8 Å². The minimum absolute atomic E-state index is 0.0761. The minimum Gasteiger partial charge on any atom is -0.357 e. The van der Waals surface area contributed by atoms with Gasteiger partial charge in [0.05, 0.1) is 0 Å². The number of hydrazine groups is 1. The molecule has 8 nitrogen and oxygen atoms in total. The molecule has 122 valence electrons. The van der Waals surface area contributed by atoms with E-state index in [9.17, 15) is 14.4 Å². The second-order valence-corrected chi connectivity index (χ2v) is 5.30. The van der Waals surface area contributed by atoms with E-state index in [4.69, 9.17) is 12.2 Å². The molecule has 1 atom stereocenters. The van der Waals surface area contributed by atoms with E-state index in [0.29, 0.717) is 6.54 Å². The van der Waals surface area contributed by atoms with E-state index in [-0.39, 0.29) is 23.9 Å². The van der Waals surface area contributed by atoms with E-state index >= 15 is 0 Å². The summed E-state index contributed by atoms with van der Waals surface area (Å²) in [6.45, 7) is 0.539. The predicted octanol–water partition coefficient (Wildman–Crippen LogP) is -0.330. The van der Waals surface area contributed by atoms with Gasteiger partial charge in [-0.2, -0.15) is 0 Å². The van der Waals surface area contributed by atoms with E-state index < -0.39 is 18.0 Å². The van der Waals surface area contributed by atoms with Crippen molar-refractivity contribution in [2.45, 2.75) is 25.4 Å². The molecule has 0 radical (unpaired) electrons. The van der Waals surface area contributed by atoms with Crippen molar-refractivity contribution < 1.29 is 14.4 Å². The van der Waals surface area contributed by atoms with Crippen LogP contribution in [0.4, 0.5) is 4.79 Å². The Balaban J connectivity index is 1.61. The summed E-state index contributed by atoms with van der Waals surface area (Å²) in [6.07, 6.45) is 0.294. The van der Waals surface area contributed by atoms with Crippen LogP contribution in [0.1, 0.15) is 18.4 Å². The fourth-order valence-electron chi connectivity index (χ4n) is 1.95. The number of carbonyl (C=O) groups excluding carboxylic acids is 3. The summed E-state index contributed by atoms with van der Waals surface area (Å²) in [5.41, 5.74) is 6.07. The van der Waals surface area contributed by atoms with Gasteiger partial charge < -0.3 is 10.6 Å². The van der Waals surface area contributed by atoms with E-state index in [1.165, 1.54) is 0 Å². The maximum atomic E-state index is 11.7. The number of hydrogen-bond donors (Lipinski definition) is 5. The Morgan fingerprint density at radius 3 is 2.57 bits per heavy atom. The van der Waals surface area contributed by atoms with Crippen molar-refractivity contribution >= 4 is 35.2 Å². The number of imide groups is 1. The van der Waals surface area contributed by atoms with Gasteiger partial charge in [0.1, 0.15) is 6.04 Å². The molecule has 0 spiro atoms. The highest BCUT2D eigenvalue weighted by Crippen LogP contribution is 2.02. The highest BCUT2D eigenvalue weighted by atomic mass is 32.1. The number of amides is 4. The summed E-state index contributed by atoms with van der Waals surface area (Å²) in [5.74, 6) is -0.751. The molecule has 1 fully saturated rings. The molecule has 1 heterocycles. The van der Waals surface area contributed by atoms with Crippen LogP contribution in [0.3, 0.4) is 0 Å². The Bertz CT molecular complexity index is 608. The second-order valence-electron chi connectivity index (χ2n) is 4.90. The Morgan fingerprint density at radius 2 is 1.91 bits per heavy atom. The number of nitrogens with one attached hydrogen (secondary N) is 5. The van der Waals surface area contributed by atoms with Gasteiger partial charge in [0.25, 0.3) is 5.91 Å².